The Morgan fingerprint density at radius 2 is 1.00 bits per heavy atom. The van der Waals surface area contributed by atoms with Crippen LogP contribution in [0.15, 0.2) is 0 Å². The molecule has 0 unspecified atom stereocenters. The fourth-order valence-corrected chi connectivity index (χ4v) is 0. The summed E-state index contributed by atoms with van der Waals surface area (Å²) in [5.74, 6) is 0. The molecule has 0 aliphatic heterocycles. The SMILES string of the molecule is [Al+2][I].[CH3-].[CH3-]. The zero-order valence-electron chi connectivity index (χ0n) is 2.96. The predicted octanol–water partition coefficient (Wildman–Crippen LogP) is 1.41. The molecule has 0 aromatic heterocycles. The normalized spacial score (nSPS) is 1.75. The Morgan fingerprint density at radius 1 is 1.00 bits per heavy atom. The van der Waals surface area contributed by atoms with Crippen molar-refractivity contribution in [1.82, 2.24) is 0 Å². The summed E-state index contributed by atoms with van der Waals surface area (Å²) in [7, 11) is 0. The largest absolute Gasteiger partial charge is 0.358 e. The summed E-state index contributed by atoms with van der Waals surface area (Å²) in [6, 6.07) is 0. The van der Waals surface area contributed by atoms with Gasteiger partial charge in [-0.25, -0.2) is 0 Å². The van der Waals surface area contributed by atoms with Crippen LogP contribution in [0.5, 0.6) is 0 Å². The van der Waals surface area contributed by atoms with Crippen molar-refractivity contribution in [3.63, 3.8) is 0 Å². The van der Waals surface area contributed by atoms with Crippen LogP contribution in [0, 0.1) is 14.9 Å². The van der Waals surface area contributed by atoms with E-state index < -0.39 is 0 Å². The third kappa shape index (κ3) is 10.5. The molecular weight excluding hydrogens is 178 g/mol. The van der Waals surface area contributed by atoms with Gasteiger partial charge < -0.3 is 14.9 Å². The van der Waals surface area contributed by atoms with Crippen LogP contribution in [0.4, 0.5) is 0 Å². The van der Waals surface area contributed by atoms with Gasteiger partial charge in [0.2, 0.25) is 0 Å². The third-order valence-electron chi connectivity index (χ3n) is 0. The van der Waals surface area contributed by atoms with E-state index >= 15 is 0 Å². The van der Waals surface area contributed by atoms with Crippen molar-refractivity contribution in [3.8, 4) is 0 Å². The van der Waals surface area contributed by atoms with Crippen molar-refractivity contribution in [2.45, 2.75) is 0 Å². The molecule has 0 aromatic carbocycles. The Kier molecular flexibility index (Phi) is 133. The van der Waals surface area contributed by atoms with E-state index in [0.29, 0.717) is 0 Å². The van der Waals surface area contributed by atoms with E-state index in [9.17, 15) is 0 Å². The van der Waals surface area contributed by atoms with Crippen molar-refractivity contribution < 1.29 is 0 Å². The van der Waals surface area contributed by atoms with Crippen LogP contribution in [0.1, 0.15) is 0 Å². The van der Waals surface area contributed by atoms with Gasteiger partial charge in [0.25, 0.3) is 0 Å². The number of hydrogen-bond donors (Lipinski definition) is 0. The topological polar surface area (TPSA) is 0 Å². The van der Waals surface area contributed by atoms with Crippen molar-refractivity contribution in [3.05, 3.63) is 14.9 Å². The molecule has 0 aliphatic carbocycles. The van der Waals surface area contributed by atoms with Gasteiger partial charge in [-0.1, -0.05) is 0 Å². The first-order valence-electron chi connectivity index (χ1n) is 0.218. The molecular formula is C2H6AlI. The van der Waals surface area contributed by atoms with Crippen LogP contribution in [-0.4, -0.2) is 13.0 Å². The monoisotopic (exact) mass is 184 g/mol. The second kappa shape index (κ2) is 28.5. The number of rotatable bonds is 0. The van der Waals surface area contributed by atoms with E-state index in [2.05, 4.69) is 33.3 Å². The van der Waals surface area contributed by atoms with Gasteiger partial charge in [-0.3, -0.25) is 0 Å². The van der Waals surface area contributed by atoms with E-state index in [-0.39, 0.29) is 14.9 Å². The summed E-state index contributed by atoms with van der Waals surface area (Å²) in [6.07, 6.45) is 0. The van der Waals surface area contributed by atoms with Gasteiger partial charge in [-0.15, -0.1) is 0 Å². The molecule has 0 fully saturated rings. The van der Waals surface area contributed by atoms with Gasteiger partial charge in [-0.05, 0) is 0 Å². The van der Waals surface area contributed by atoms with Crippen LogP contribution in [0.3, 0.4) is 0 Å². The maximum absolute atomic E-state index is 2.39. The average Bonchev–Trinajstić information content (AvgIpc) is 1.00. The predicted molar refractivity (Wildman–Crippen MR) is 32.6 cm³/mol. The van der Waals surface area contributed by atoms with Crippen LogP contribution < -0.4 is 0 Å². The molecule has 0 aromatic rings. The second-order valence-electron chi connectivity index (χ2n) is 0. The summed E-state index contributed by atoms with van der Waals surface area (Å²) in [6.45, 7) is 0. The molecule has 0 atom stereocenters. The van der Waals surface area contributed by atoms with Gasteiger partial charge in [0.15, 0.2) is 0 Å². The minimum atomic E-state index is 0. The van der Waals surface area contributed by atoms with Crippen LogP contribution in [0.2, 0.25) is 0 Å². The van der Waals surface area contributed by atoms with Crippen LogP contribution in [-0.2, 0) is 0 Å². The first kappa shape index (κ1) is 18.7. The van der Waals surface area contributed by atoms with E-state index in [1.165, 1.54) is 0 Å². The Balaban J connectivity index is -0.00000000500. The molecule has 0 bridgehead atoms. The molecule has 0 radical (unpaired) electrons. The first-order valence-corrected chi connectivity index (χ1v) is 4.39. The summed E-state index contributed by atoms with van der Waals surface area (Å²) >= 11 is 4.45. The van der Waals surface area contributed by atoms with Crippen molar-refractivity contribution in [2.24, 2.45) is 0 Å². The fourth-order valence-electron chi connectivity index (χ4n) is 0. The maximum Gasteiger partial charge on any atom is -0.358 e. The molecule has 0 amide bonds. The molecule has 0 saturated heterocycles. The van der Waals surface area contributed by atoms with Crippen molar-refractivity contribution >= 4 is 33.3 Å². The molecule has 0 aliphatic rings. The van der Waals surface area contributed by atoms with E-state index in [1.807, 2.05) is 0 Å². The van der Waals surface area contributed by atoms with Gasteiger partial charge >= 0.3 is 33.3 Å². The standard InChI is InChI=1S/2CH3.Al.HI/h2*1H3;;1H/q2*-1;+3;/p-1. The van der Waals surface area contributed by atoms with Crippen LogP contribution >= 0.6 is 20.3 Å². The van der Waals surface area contributed by atoms with E-state index in [4.69, 9.17) is 0 Å². The maximum atomic E-state index is 2.39. The Bertz CT molecular complexity index is 6.00. The molecule has 0 spiro atoms. The molecule has 0 heterocycles. The Labute approximate surface area is 48.1 Å². The third-order valence-corrected chi connectivity index (χ3v) is 0. The summed E-state index contributed by atoms with van der Waals surface area (Å²) in [5.41, 5.74) is 0. The fraction of sp³-hybridized carbons (Fsp3) is 0. The minimum Gasteiger partial charge on any atom is -0.358 e. The average molecular weight is 184 g/mol. The van der Waals surface area contributed by atoms with E-state index in [0.717, 1.165) is 0 Å². The van der Waals surface area contributed by atoms with Crippen molar-refractivity contribution in [1.29, 1.82) is 0 Å². The van der Waals surface area contributed by atoms with Gasteiger partial charge in [0.1, 0.15) is 0 Å². The van der Waals surface area contributed by atoms with Gasteiger partial charge in [-0.2, -0.15) is 0 Å². The van der Waals surface area contributed by atoms with Gasteiger partial charge in [0.05, 0.1) is 0 Å². The summed E-state index contributed by atoms with van der Waals surface area (Å²) < 4.78 is 0. The quantitative estimate of drug-likeness (QED) is 0.303. The molecule has 4 heavy (non-hydrogen) atoms. The smallest absolute Gasteiger partial charge is 0.358 e. The molecule has 0 saturated carbocycles. The van der Waals surface area contributed by atoms with Crippen LogP contribution in [0.25, 0.3) is 0 Å². The number of hydrogen-bond acceptors (Lipinski definition) is 0. The minimum absolute atomic E-state index is 0. The summed E-state index contributed by atoms with van der Waals surface area (Å²) in [4.78, 5) is 0. The molecule has 24 valence electrons. The second-order valence-corrected chi connectivity index (χ2v) is 0. The van der Waals surface area contributed by atoms with Crippen molar-refractivity contribution in [2.75, 3.05) is 0 Å². The molecule has 0 rings (SSSR count). The van der Waals surface area contributed by atoms with Gasteiger partial charge in [0, 0.05) is 0 Å². The molecule has 0 nitrogen and oxygen atoms in total. The Morgan fingerprint density at radius 3 is 1.00 bits per heavy atom. The van der Waals surface area contributed by atoms with E-state index in [1.54, 1.807) is 0 Å². The zero-order chi connectivity index (χ0) is 2.00. The molecule has 2 heteroatoms. The summed E-state index contributed by atoms with van der Waals surface area (Å²) in [5, 5.41) is 0. The Hall–Kier alpha value is 1.26. The first-order chi connectivity index (χ1) is 1.00. The number of halogens is 1. The molecule has 0 N–H and O–H groups in total. The zero-order valence-corrected chi connectivity index (χ0v) is 6.27.